The van der Waals surface area contributed by atoms with Crippen LogP contribution in [0.3, 0.4) is 0 Å². The molecule has 0 bridgehead atoms. The van der Waals surface area contributed by atoms with Crippen molar-refractivity contribution in [2.24, 2.45) is 0 Å². The molecule has 0 spiro atoms. The van der Waals surface area contributed by atoms with Crippen molar-refractivity contribution in [1.82, 2.24) is 0 Å². The van der Waals surface area contributed by atoms with E-state index in [4.69, 9.17) is 32.7 Å². The van der Waals surface area contributed by atoms with Gasteiger partial charge in [0.05, 0.1) is 17.2 Å². The van der Waals surface area contributed by atoms with Gasteiger partial charge in [0.25, 0.3) is 5.91 Å². The second-order valence-corrected chi connectivity index (χ2v) is 7.19. The van der Waals surface area contributed by atoms with Gasteiger partial charge in [0.15, 0.2) is 0 Å². The van der Waals surface area contributed by atoms with Crippen LogP contribution in [0.5, 0.6) is 11.5 Å². The lowest BCUT2D eigenvalue weighted by Gasteiger charge is -2.46. The number of hydrogen-bond donors (Lipinski definition) is 0. The lowest BCUT2D eigenvalue weighted by molar-refractivity contribution is -0.135. The second kappa shape index (κ2) is 7.74. The Balaban J connectivity index is 1.67. The summed E-state index contributed by atoms with van der Waals surface area (Å²) in [5.41, 5.74) is 1.77. The number of methoxy groups -OCH3 is 1. The van der Waals surface area contributed by atoms with E-state index in [1.807, 2.05) is 54.6 Å². The molecule has 28 heavy (non-hydrogen) atoms. The van der Waals surface area contributed by atoms with E-state index in [0.29, 0.717) is 15.8 Å². The second-order valence-electron chi connectivity index (χ2n) is 6.38. The molecule has 142 valence electrons. The smallest absolute Gasteiger partial charge is 0.271 e. The van der Waals surface area contributed by atoms with Crippen molar-refractivity contribution in [2.45, 2.75) is 12.1 Å². The highest BCUT2D eigenvalue weighted by Crippen LogP contribution is 2.42. The van der Waals surface area contributed by atoms with Gasteiger partial charge < -0.3 is 9.47 Å². The first kappa shape index (κ1) is 18.7. The van der Waals surface area contributed by atoms with Crippen molar-refractivity contribution in [3.05, 3.63) is 88.4 Å². The molecule has 1 amide bonds. The summed E-state index contributed by atoms with van der Waals surface area (Å²) in [5.74, 6) is 1.14. The minimum atomic E-state index is -0.661. The molecule has 0 aliphatic carbocycles. The molecular weight excluding hydrogens is 397 g/mol. The number of para-hydroxylation sites is 1. The Morgan fingerprint density at radius 2 is 1.54 bits per heavy atom. The van der Waals surface area contributed by atoms with E-state index in [1.54, 1.807) is 30.2 Å². The standard InChI is InChI=1S/C22H17Cl2NO3/c1-27-16-9-7-14(8-10-16)20-21(28-17-11-12-18(23)19(24)13-17)22(26)25(20)15-5-3-2-4-6-15/h2-13,20-21H,1H3/t20-,21+/m1/s1. The Hall–Kier alpha value is -2.69. The van der Waals surface area contributed by atoms with Gasteiger partial charge >= 0.3 is 0 Å². The number of anilines is 1. The molecule has 3 aromatic rings. The average molecular weight is 414 g/mol. The predicted octanol–water partition coefficient (Wildman–Crippen LogP) is 5.54. The van der Waals surface area contributed by atoms with Gasteiger partial charge in [0, 0.05) is 11.8 Å². The summed E-state index contributed by atoms with van der Waals surface area (Å²) in [4.78, 5) is 14.7. The summed E-state index contributed by atoms with van der Waals surface area (Å²) in [6.45, 7) is 0. The van der Waals surface area contributed by atoms with Gasteiger partial charge in [-0.2, -0.15) is 0 Å². The zero-order chi connectivity index (χ0) is 19.7. The number of amides is 1. The van der Waals surface area contributed by atoms with E-state index in [2.05, 4.69) is 0 Å². The van der Waals surface area contributed by atoms with Crippen molar-refractivity contribution in [1.29, 1.82) is 0 Å². The topological polar surface area (TPSA) is 38.8 Å². The Labute approximate surface area is 173 Å². The number of nitrogens with zero attached hydrogens (tertiary/aromatic N) is 1. The minimum Gasteiger partial charge on any atom is -0.497 e. The van der Waals surface area contributed by atoms with E-state index >= 15 is 0 Å². The Bertz CT molecular complexity index is 992. The van der Waals surface area contributed by atoms with Crippen LogP contribution in [0.25, 0.3) is 0 Å². The molecule has 6 heteroatoms. The van der Waals surface area contributed by atoms with Gasteiger partial charge in [-0.05, 0) is 42.0 Å². The van der Waals surface area contributed by atoms with Crippen LogP contribution in [0.4, 0.5) is 5.69 Å². The number of ether oxygens (including phenoxy) is 2. The molecule has 0 N–H and O–H groups in total. The molecule has 4 rings (SSSR count). The molecule has 1 fully saturated rings. The predicted molar refractivity (Wildman–Crippen MR) is 111 cm³/mol. The molecule has 1 aliphatic heterocycles. The number of hydrogen-bond acceptors (Lipinski definition) is 3. The van der Waals surface area contributed by atoms with Crippen molar-refractivity contribution in [3.63, 3.8) is 0 Å². The first-order valence-corrected chi connectivity index (χ1v) is 9.48. The quantitative estimate of drug-likeness (QED) is 0.515. The van der Waals surface area contributed by atoms with Gasteiger partial charge in [0.2, 0.25) is 6.10 Å². The maximum absolute atomic E-state index is 12.9. The Morgan fingerprint density at radius 1 is 0.857 bits per heavy atom. The van der Waals surface area contributed by atoms with E-state index in [-0.39, 0.29) is 11.9 Å². The first-order valence-electron chi connectivity index (χ1n) is 8.72. The summed E-state index contributed by atoms with van der Waals surface area (Å²) in [6, 6.07) is 21.9. The van der Waals surface area contributed by atoms with Gasteiger partial charge in [-0.15, -0.1) is 0 Å². The highest BCUT2D eigenvalue weighted by molar-refractivity contribution is 6.42. The maximum atomic E-state index is 12.9. The molecule has 3 aromatic carbocycles. The van der Waals surface area contributed by atoms with Crippen LogP contribution in [0, 0.1) is 0 Å². The van der Waals surface area contributed by atoms with Crippen LogP contribution in [0.2, 0.25) is 10.0 Å². The number of benzene rings is 3. The van der Waals surface area contributed by atoms with E-state index in [9.17, 15) is 4.79 Å². The largest absolute Gasteiger partial charge is 0.497 e. The Kier molecular flexibility index (Phi) is 5.16. The summed E-state index contributed by atoms with van der Waals surface area (Å²) in [5, 5.41) is 0.818. The van der Waals surface area contributed by atoms with Crippen LogP contribution in [0.15, 0.2) is 72.8 Å². The maximum Gasteiger partial charge on any atom is 0.271 e. The monoisotopic (exact) mass is 413 g/mol. The fourth-order valence-corrected chi connectivity index (χ4v) is 3.56. The minimum absolute atomic E-state index is 0.113. The molecule has 0 radical (unpaired) electrons. The summed E-state index contributed by atoms with van der Waals surface area (Å²) in [6.07, 6.45) is -0.661. The third-order valence-corrected chi connectivity index (χ3v) is 5.43. The zero-order valence-corrected chi connectivity index (χ0v) is 16.5. The average Bonchev–Trinajstić information content (AvgIpc) is 2.73. The molecule has 4 nitrogen and oxygen atoms in total. The lowest BCUT2D eigenvalue weighted by Crippen LogP contribution is -2.61. The van der Waals surface area contributed by atoms with Gasteiger partial charge in [-0.1, -0.05) is 53.5 Å². The van der Waals surface area contributed by atoms with Crippen molar-refractivity contribution < 1.29 is 14.3 Å². The fourth-order valence-electron chi connectivity index (χ4n) is 3.28. The Morgan fingerprint density at radius 3 is 2.18 bits per heavy atom. The van der Waals surface area contributed by atoms with Crippen molar-refractivity contribution in [3.8, 4) is 11.5 Å². The molecule has 1 aliphatic rings. The van der Waals surface area contributed by atoms with Crippen LogP contribution < -0.4 is 14.4 Å². The van der Waals surface area contributed by atoms with E-state index in [0.717, 1.165) is 17.0 Å². The number of carbonyl (C=O) groups excluding carboxylic acids is 1. The summed E-state index contributed by atoms with van der Waals surface area (Å²) in [7, 11) is 1.62. The molecule has 0 saturated carbocycles. The molecule has 1 saturated heterocycles. The SMILES string of the molecule is COc1ccc([C@@H]2[C@H](Oc3ccc(Cl)c(Cl)c3)C(=O)N2c2ccccc2)cc1. The van der Waals surface area contributed by atoms with Crippen LogP contribution in [-0.2, 0) is 4.79 Å². The van der Waals surface area contributed by atoms with Gasteiger partial charge in [0.1, 0.15) is 17.5 Å². The van der Waals surface area contributed by atoms with E-state index in [1.165, 1.54) is 0 Å². The molecule has 2 atom stereocenters. The van der Waals surface area contributed by atoms with Gasteiger partial charge in [-0.3, -0.25) is 9.69 Å². The summed E-state index contributed by atoms with van der Waals surface area (Å²) >= 11 is 12.1. The molecule has 0 unspecified atom stereocenters. The molecule has 1 heterocycles. The number of carbonyl (C=O) groups is 1. The zero-order valence-electron chi connectivity index (χ0n) is 15.0. The van der Waals surface area contributed by atoms with Crippen LogP contribution >= 0.6 is 23.2 Å². The van der Waals surface area contributed by atoms with E-state index < -0.39 is 6.10 Å². The number of rotatable bonds is 5. The third kappa shape index (κ3) is 3.41. The highest BCUT2D eigenvalue weighted by Gasteiger charge is 2.51. The van der Waals surface area contributed by atoms with Crippen LogP contribution in [-0.4, -0.2) is 19.1 Å². The van der Waals surface area contributed by atoms with Gasteiger partial charge in [-0.25, -0.2) is 0 Å². The molecular formula is C22H17Cl2NO3. The summed E-state index contributed by atoms with van der Waals surface area (Å²) < 4.78 is 11.2. The number of halogens is 2. The normalized spacial score (nSPS) is 18.5. The molecule has 0 aromatic heterocycles. The highest BCUT2D eigenvalue weighted by atomic mass is 35.5. The van der Waals surface area contributed by atoms with Crippen LogP contribution in [0.1, 0.15) is 11.6 Å². The van der Waals surface area contributed by atoms with Crippen molar-refractivity contribution in [2.75, 3.05) is 12.0 Å². The lowest BCUT2D eigenvalue weighted by atomic mass is 9.89. The first-order chi connectivity index (χ1) is 13.6. The third-order valence-electron chi connectivity index (χ3n) is 4.69. The van der Waals surface area contributed by atoms with Crippen molar-refractivity contribution >= 4 is 34.8 Å². The fraction of sp³-hybridized carbons (Fsp3) is 0.136. The number of β-lactam (4-membered cyclic amide) rings is 1.